The highest BCUT2D eigenvalue weighted by molar-refractivity contribution is 5.46. The maximum Gasteiger partial charge on any atom is 0.157 e. The molecule has 0 spiro atoms. The molecule has 2 aliphatic rings. The molecule has 2 saturated carbocycles. The molecule has 232 valence electrons. The minimum absolute atomic E-state index is 0.0666. The molecule has 4 aromatic rings. The van der Waals surface area contributed by atoms with Crippen molar-refractivity contribution in [3.05, 3.63) is 95.1 Å². The monoisotopic (exact) mass is 600 g/mol. The van der Waals surface area contributed by atoms with Gasteiger partial charge in [-0.15, -0.1) is 0 Å². The Labute approximate surface area is 256 Å². The van der Waals surface area contributed by atoms with Crippen LogP contribution >= 0.6 is 0 Å². The summed E-state index contributed by atoms with van der Waals surface area (Å²) in [4.78, 5) is 0. The van der Waals surface area contributed by atoms with Gasteiger partial charge < -0.3 is 40.9 Å². The minimum Gasteiger partial charge on any atom is -0.504 e. The van der Waals surface area contributed by atoms with E-state index < -0.39 is 0 Å². The van der Waals surface area contributed by atoms with Crippen LogP contribution in [0.1, 0.15) is 97.3 Å². The molecule has 2 aliphatic carbocycles. The molecule has 8 heteroatoms. The van der Waals surface area contributed by atoms with Crippen molar-refractivity contribution in [2.24, 2.45) is 0 Å². The molecule has 0 amide bonds. The lowest BCUT2D eigenvalue weighted by atomic mass is 9.72. The van der Waals surface area contributed by atoms with E-state index in [1.54, 1.807) is 24.3 Å². The summed E-state index contributed by atoms with van der Waals surface area (Å²) >= 11 is 0. The van der Waals surface area contributed by atoms with Crippen molar-refractivity contribution in [1.82, 2.24) is 0 Å². The summed E-state index contributed by atoms with van der Waals surface area (Å²) in [6.07, 6.45) is 8.22. The number of aromatic hydroxyl groups is 8. The van der Waals surface area contributed by atoms with Crippen LogP contribution in [0.5, 0.6) is 46.0 Å². The van der Waals surface area contributed by atoms with Crippen LogP contribution in [0.4, 0.5) is 0 Å². The lowest BCUT2D eigenvalue weighted by Crippen LogP contribution is -2.16. The fourth-order valence-corrected chi connectivity index (χ4v) is 6.82. The molecule has 44 heavy (non-hydrogen) atoms. The first-order chi connectivity index (χ1) is 21.1. The lowest BCUT2D eigenvalue weighted by Gasteiger charge is -2.32. The SMILES string of the molecule is Oc1ccc(C2CCC(c3ccc(O)c(O)c3)CC2)cc1O.Oc1ccc(C2CCCCC2c2ccc(O)c(O)c2)cc1O. The quantitative estimate of drug-likeness (QED) is 0.110. The minimum atomic E-state index is -0.113. The Balaban J connectivity index is 0.000000175. The molecule has 4 aromatic carbocycles. The summed E-state index contributed by atoms with van der Waals surface area (Å²) in [5.41, 5.74) is 4.10. The van der Waals surface area contributed by atoms with Crippen LogP contribution in [0.2, 0.25) is 0 Å². The van der Waals surface area contributed by atoms with Gasteiger partial charge in [-0.1, -0.05) is 37.1 Å². The van der Waals surface area contributed by atoms with Crippen molar-refractivity contribution in [2.45, 2.75) is 75.0 Å². The molecule has 0 aliphatic heterocycles. The highest BCUT2D eigenvalue weighted by Crippen LogP contribution is 2.47. The van der Waals surface area contributed by atoms with Crippen LogP contribution < -0.4 is 0 Å². The van der Waals surface area contributed by atoms with Crippen LogP contribution in [0, 0.1) is 0 Å². The fraction of sp³-hybridized carbons (Fsp3) is 0.333. The van der Waals surface area contributed by atoms with E-state index in [1.807, 2.05) is 24.3 Å². The second-order valence-electron chi connectivity index (χ2n) is 12.0. The van der Waals surface area contributed by atoms with E-state index in [9.17, 15) is 40.9 Å². The highest BCUT2D eigenvalue weighted by Gasteiger charge is 2.29. The van der Waals surface area contributed by atoms with Crippen LogP contribution in [0.25, 0.3) is 0 Å². The third kappa shape index (κ3) is 6.91. The molecule has 2 unspecified atom stereocenters. The normalized spacial score (nSPS) is 21.6. The van der Waals surface area contributed by atoms with Crippen molar-refractivity contribution in [3.63, 3.8) is 0 Å². The van der Waals surface area contributed by atoms with Gasteiger partial charge in [0.1, 0.15) is 0 Å². The first kappa shape index (κ1) is 30.7. The summed E-state index contributed by atoms with van der Waals surface area (Å²) in [5, 5.41) is 76.5. The predicted octanol–water partition coefficient (Wildman–Crippen LogP) is 7.90. The number of phenolic OH excluding ortho intramolecular Hbond substituents is 8. The fourth-order valence-electron chi connectivity index (χ4n) is 6.82. The number of rotatable bonds is 4. The Morgan fingerprint density at radius 3 is 0.886 bits per heavy atom. The molecule has 0 radical (unpaired) electrons. The molecule has 0 aromatic heterocycles. The first-order valence-electron chi connectivity index (χ1n) is 15.2. The third-order valence-corrected chi connectivity index (χ3v) is 9.29. The summed E-state index contributed by atoms with van der Waals surface area (Å²) in [6, 6.07) is 20.1. The van der Waals surface area contributed by atoms with Gasteiger partial charge in [-0.3, -0.25) is 0 Å². The Hall–Kier alpha value is -4.72. The Kier molecular flexibility index (Phi) is 9.28. The molecule has 0 heterocycles. The Bertz CT molecular complexity index is 1470. The van der Waals surface area contributed by atoms with E-state index in [0.29, 0.717) is 11.8 Å². The highest BCUT2D eigenvalue weighted by atomic mass is 16.3. The number of hydrogen-bond donors (Lipinski definition) is 8. The number of hydrogen-bond acceptors (Lipinski definition) is 8. The molecule has 0 bridgehead atoms. The van der Waals surface area contributed by atoms with Crippen LogP contribution in [0.15, 0.2) is 72.8 Å². The lowest BCUT2D eigenvalue weighted by molar-refractivity contribution is 0.374. The summed E-state index contributed by atoms with van der Waals surface area (Å²) < 4.78 is 0. The van der Waals surface area contributed by atoms with Crippen LogP contribution in [-0.2, 0) is 0 Å². The maximum absolute atomic E-state index is 9.75. The maximum atomic E-state index is 9.75. The average molecular weight is 601 g/mol. The topological polar surface area (TPSA) is 162 Å². The summed E-state index contributed by atoms with van der Waals surface area (Å²) in [6.45, 7) is 0. The van der Waals surface area contributed by atoms with Crippen molar-refractivity contribution in [3.8, 4) is 46.0 Å². The second kappa shape index (κ2) is 13.3. The number of benzene rings is 4. The van der Waals surface area contributed by atoms with Gasteiger partial charge in [-0.25, -0.2) is 0 Å². The van der Waals surface area contributed by atoms with E-state index in [4.69, 9.17) is 0 Å². The largest absolute Gasteiger partial charge is 0.504 e. The van der Waals surface area contributed by atoms with Gasteiger partial charge in [-0.05, 0) is 133 Å². The smallest absolute Gasteiger partial charge is 0.157 e. The van der Waals surface area contributed by atoms with Crippen molar-refractivity contribution in [2.75, 3.05) is 0 Å². The zero-order valence-corrected chi connectivity index (χ0v) is 24.5. The van der Waals surface area contributed by atoms with Gasteiger partial charge in [-0.2, -0.15) is 0 Å². The van der Waals surface area contributed by atoms with Crippen molar-refractivity contribution < 1.29 is 40.9 Å². The summed E-state index contributed by atoms with van der Waals surface area (Å²) in [5.74, 6) is 0.484. The van der Waals surface area contributed by atoms with Crippen LogP contribution in [-0.4, -0.2) is 40.9 Å². The van der Waals surface area contributed by atoms with Crippen molar-refractivity contribution in [1.29, 1.82) is 0 Å². The molecule has 6 rings (SSSR count). The van der Waals surface area contributed by atoms with Gasteiger partial charge in [0.05, 0.1) is 0 Å². The Morgan fingerprint density at radius 1 is 0.318 bits per heavy atom. The molecule has 8 nitrogen and oxygen atoms in total. The van der Waals surface area contributed by atoms with Gasteiger partial charge in [0.15, 0.2) is 46.0 Å². The van der Waals surface area contributed by atoms with Crippen LogP contribution in [0.3, 0.4) is 0 Å². The first-order valence-corrected chi connectivity index (χ1v) is 15.2. The van der Waals surface area contributed by atoms with Gasteiger partial charge in [0, 0.05) is 0 Å². The molecule has 2 fully saturated rings. The zero-order chi connectivity index (χ0) is 31.4. The average Bonchev–Trinajstić information content (AvgIpc) is 3.03. The molecular weight excluding hydrogens is 560 g/mol. The molecule has 2 atom stereocenters. The van der Waals surface area contributed by atoms with Gasteiger partial charge >= 0.3 is 0 Å². The zero-order valence-electron chi connectivity index (χ0n) is 24.5. The Morgan fingerprint density at radius 2 is 0.591 bits per heavy atom. The molecule has 8 N–H and O–H groups in total. The van der Waals surface area contributed by atoms with E-state index in [-0.39, 0.29) is 57.8 Å². The van der Waals surface area contributed by atoms with Crippen molar-refractivity contribution >= 4 is 0 Å². The van der Waals surface area contributed by atoms with E-state index in [0.717, 1.165) is 73.6 Å². The number of phenols is 8. The summed E-state index contributed by atoms with van der Waals surface area (Å²) in [7, 11) is 0. The van der Waals surface area contributed by atoms with E-state index in [1.165, 1.54) is 24.3 Å². The van der Waals surface area contributed by atoms with E-state index in [2.05, 4.69) is 0 Å². The van der Waals surface area contributed by atoms with Gasteiger partial charge in [0.2, 0.25) is 0 Å². The molecule has 0 saturated heterocycles. The standard InChI is InChI=1S/2C18H20O4/c19-15-7-5-13(9-17(15)21)11-1-2-12(4-3-11)14-6-8-16(20)18(22)10-14;19-15-7-5-11(9-17(15)21)13-3-1-2-4-14(13)12-6-8-16(20)18(22)10-12/h5-12,19-22H,1-4H2;5-10,13-14,19-22H,1-4H2. The third-order valence-electron chi connectivity index (χ3n) is 9.29. The second-order valence-corrected chi connectivity index (χ2v) is 12.0. The molecular formula is C36H40O8. The predicted molar refractivity (Wildman–Crippen MR) is 167 cm³/mol. The van der Waals surface area contributed by atoms with E-state index >= 15 is 0 Å². The van der Waals surface area contributed by atoms with Gasteiger partial charge in [0.25, 0.3) is 0 Å².